The number of anilines is 1. The van der Waals surface area contributed by atoms with Gasteiger partial charge in [0, 0.05) is 0 Å². The van der Waals surface area contributed by atoms with Gasteiger partial charge >= 0.3 is 0 Å². The van der Waals surface area contributed by atoms with Crippen molar-refractivity contribution in [3.05, 3.63) is 59.9 Å². The quantitative estimate of drug-likeness (QED) is 0.690. The fourth-order valence-corrected chi connectivity index (χ4v) is 3.23. The number of rotatable bonds is 4. The van der Waals surface area contributed by atoms with E-state index in [4.69, 9.17) is 5.73 Å². The molecular formula is C14H14FNO2S. The topological polar surface area (TPSA) is 60.2 Å². The van der Waals surface area contributed by atoms with Gasteiger partial charge in [-0.25, -0.2) is 12.8 Å². The molecule has 2 aromatic rings. The lowest BCUT2D eigenvalue weighted by Gasteiger charge is -2.07. The third-order valence-corrected chi connectivity index (χ3v) is 4.59. The molecule has 0 unspecified atom stereocenters. The summed E-state index contributed by atoms with van der Waals surface area (Å²) in [6, 6.07) is 12.7. The third-order valence-electron chi connectivity index (χ3n) is 2.81. The van der Waals surface area contributed by atoms with Crippen molar-refractivity contribution < 1.29 is 12.8 Å². The fraction of sp³-hybridized carbons (Fsp3) is 0.143. The molecule has 100 valence electrons. The minimum atomic E-state index is -3.50. The maximum absolute atomic E-state index is 12.9. The van der Waals surface area contributed by atoms with Crippen molar-refractivity contribution >= 4 is 15.5 Å². The summed E-state index contributed by atoms with van der Waals surface area (Å²) < 4.78 is 37.2. The van der Waals surface area contributed by atoms with Crippen LogP contribution < -0.4 is 5.73 Å². The highest BCUT2D eigenvalue weighted by molar-refractivity contribution is 7.91. The SMILES string of the molecule is Nc1cc(F)ccc1S(=O)(=O)CCc1ccccc1. The predicted octanol–water partition coefficient (Wildman–Crippen LogP) is 2.42. The lowest BCUT2D eigenvalue weighted by Crippen LogP contribution is -2.11. The molecule has 0 spiro atoms. The van der Waals surface area contributed by atoms with Crippen LogP contribution in [0.3, 0.4) is 0 Å². The van der Waals surface area contributed by atoms with Crippen LogP contribution in [0, 0.1) is 5.82 Å². The summed E-state index contributed by atoms with van der Waals surface area (Å²) in [5.74, 6) is -0.591. The molecule has 0 radical (unpaired) electrons. The third kappa shape index (κ3) is 3.32. The van der Waals surface area contributed by atoms with Gasteiger partial charge in [-0.15, -0.1) is 0 Å². The van der Waals surface area contributed by atoms with E-state index in [1.165, 1.54) is 6.07 Å². The second kappa shape index (κ2) is 5.40. The van der Waals surface area contributed by atoms with Gasteiger partial charge in [-0.3, -0.25) is 0 Å². The predicted molar refractivity (Wildman–Crippen MR) is 73.0 cm³/mol. The van der Waals surface area contributed by atoms with E-state index in [1.807, 2.05) is 30.3 Å². The summed E-state index contributed by atoms with van der Waals surface area (Å²) in [7, 11) is -3.50. The molecule has 0 fully saturated rings. The van der Waals surface area contributed by atoms with Gasteiger partial charge in [0.15, 0.2) is 9.84 Å². The van der Waals surface area contributed by atoms with Crippen LogP contribution in [0.15, 0.2) is 53.4 Å². The van der Waals surface area contributed by atoms with Gasteiger partial charge in [0.1, 0.15) is 5.82 Å². The molecule has 0 heterocycles. The molecule has 3 nitrogen and oxygen atoms in total. The summed E-state index contributed by atoms with van der Waals surface area (Å²) in [5.41, 5.74) is 6.45. The average molecular weight is 279 g/mol. The van der Waals surface area contributed by atoms with Crippen molar-refractivity contribution in [2.45, 2.75) is 11.3 Å². The normalized spacial score (nSPS) is 11.4. The Kier molecular flexibility index (Phi) is 3.85. The number of halogens is 1. The lowest BCUT2D eigenvalue weighted by molar-refractivity contribution is 0.594. The van der Waals surface area contributed by atoms with Gasteiger partial charge in [0.2, 0.25) is 0 Å². The average Bonchev–Trinajstić information content (AvgIpc) is 2.37. The summed E-state index contributed by atoms with van der Waals surface area (Å²) in [6.45, 7) is 0. The van der Waals surface area contributed by atoms with Crippen molar-refractivity contribution in [2.75, 3.05) is 11.5 Å². The summed E-state index contributed by atoms with van der Waals surface area (Å²) in [5, 5.41) is 0. The number of hydrogen-bond acceptors (Lipinski definition) is 3. The number of benzene rings is 2. The molecule has 2 aromatic carbocycles. The molecule has 0 aliphatic heterocycles. The number of nitrogens with two attached hydrogens (primary N) is 1. The van der Waals surface area contributed by atoms with E-state index in [0.717, 1.165) is 17.7 Å². The van der Waals surface area contributed by atoms with Crippen molar-refractivity contribution in [1.82, 2.24) is 0 Å². The maximum atomic E-state index is 12.9. The number of aryl methyl sites for hydroxylation is 1. The van der Waals surface area contributed by atoms with Crippen LogP contribution in [-0.4, -0.2) is 14.2 Å². The van der Waals surface area contributed by atoms with E-state index in [-0.39, 0.29) is 16.3 Å². The Hall–Kier alpha value is -1.88. The van der Waals surface area contributed by atoms with Crippen LogP contribution in [0.4, 0.5) is 10.1 Å². The van der Waals surface area contributed by atoms with Crippen LogP contribution in [0.2, 0.25) is 0 Å². The van der Waals surface area contributed by atoms with Crippen LogP contribution in [0.25, 0.3) is 0 Å². The highest BCUT2D eigenvalue weighted by atomic mass is 32.2. The van der Waals surface area contributed by atoms with Gasteiger partial charge in [-0.2, -0.15) is 0 Å². The minimum Gasteiger partial charge on any atom is -0.398 e. The van der Waals surface area contributed by atoms with E-state index < -0.39 is 15.7 Å². The Morgan fingerprint density at radius 2 is 1.74 bits per heavy atom. The molecule has 19 heavy (non-hydrogen) atoms. The summed E-state index contributed by atoms with van der Waals surface area (Å²) in [6.07, 6.45) is 0.403. The smallest absolute Gasteiger partial charge is 0.180 e. The molecule has 0 amide bonds. The largest absolute Gasteiger partial charge is 0.398 e. The van der Waals surface area contributed by atoms with E-state index in [9.17, 15) is 12.8 Å². The number of nitrogen functional groups attached to an aromatic ring is 1. The Bertz CT molecular complexity index is 669. The summed E-state index contributed by atoms with van der Waals surface area (Å²) >= 11 is 0. The van der Waals surface area contributed by atoms with Crippen molar-refractivity contribution in [1.29, 1.82) is 0 Å². The van der Waals surface area contributed by atoms with Gasteiger partial charge in [-0.1, -0.05) is 30.3 Å². The van der Waals surface area contributed by atoms with Crippen molar-refractivity contribution in [3.8, 4) is 0 Å². The van der Waals surface area contributed by atoms with Crippen LogP contribution in [0.1, 0.15) is 5.56 Å². The zero-order valence-electron chi connectivity index (χ0n) is 10.2. The fourth-order valence-electron chi connectivity index (χ4n) is 1.81. The van der Waals surface area contributed by atoms with E-state index in [1.54, 1.807) is 0 Å². The molecule has 0 saturated carbocycles. The lowest BCUT2D eigenvalue weighted by atomic mass is 10.2. The molecule has 0 bridgehead atoms. The molecule has 5 heteroatoms. The molecular weight excluding hydrogens is 265 g/mol. The maximum Gasteiger partial charge on any atom is 0.180 e. The van der Waals surface area contributed by atoms with Crippen LogP contribution >= 0.6 is 0 Å². The van der Waals surface area contributed by atoms with Gasteiger partial charge in [0.25, 0.3) is 0 Å². The van der Waals surface area contributed by atoms with E-state index in [0.29, 0.717) is 6.42 Å². The standard InChI is InChI=1S/C14H14FNO2S/c15-12-6-7-14(13(16)10-12)19(17,18)9-8-11-4-2-1-3-5-11/h1-7,10H,8-9,16H2. The Balaban J connectivity index is 2.19. The molecule has 0 atom stereocenters. The van der Waals surface area contributed by atoms with Crippen molar-refractivity contribution in [3.63, 3.8) is 0 Å². The molecule has 0 aliphatic rings. The minimum absolute atomic E-state index is 0.00942. The second-order valence-corrected chi connectivity index (χ2v) is 6.31. The Morgan fingerprint density at radius 1 is 1.05 bits per heavy atom. The molecule has 0 saturated heterocycles. The molecule has 0 aliphatic carbocycles. The van der Waals surface area contributed by atoms with E-state index >= 15 is 0 Å². The van der Waals surface area contributed by atoms with Crippen LogP contribution in [0.5, 0.6) is 0 Å². The first kappa shape index (κ1) is 13.5. The van der Waals surface area contributed by atoms with Gasteiger partial charge in [0.05, 0.1) is 16.3 Å². The Morgan fingerprint density at radius 3 is 2.37 bits per heavy atom. The Labute approximate surface area is 111 Å². The van der Waals surface area contributed by atoms with E-state index in [2.05, 4.69) is 0 Å². The van der Waals surface area contributed by atoms with Gasteiger partial charge < -0.3 is 5.73 Å². The zero-order valence-corrected chi connectivity index (χ0v) is 11.0. The number of sulfone groups is 1. The first-order chi connectivity index (χ1) is 8.99. The highest BCUT2D eigenvalue weighted by Gasteiger charge is 2.17. The summed E-state index contributed by atoms with van der Waals surface area (Å²) in [4.78, 5) is -0.00942. The van der Waals surface area contributed by atoms with Gasteiger partial charge in [-0.05, 0) is 30.2 Å². The first-order valence-electron chi connectivity index (χ1n) is 5.81. The molecule has 2 N–H and O–H groups in total. The molecule has 0 aromatic heterocycles. The second-order valence-electron chi connectivity index (χ2n) is 4.24. The number of hydrogen-bond donors (Lipinski definition) is 1. The highest BCUT2D eigenvalue weighted by Crippen LogP contribution is 2.21. The zero-order chi connectivity index (χ0) is 13.9. The van der Waals surface area contributed by atoms with Crippen molar-refractivity contribution in [2.24, 2.45) is 0 Å². The van der Waals surface area contributed by atoms with Crippen LogP contribution in [-0.2, 0) is 16.3 Å². The first-order valence-corrected chi connectivity index (χ1v) is 7.46. The molecule has 2 rings (SSSR count). The monoisotopic (exact) mass is 279 g/mol.